The molecule has 0 saturated carbocycles. The number of rotatable bonds is 2. The summed E-state index contributed by atoms with van der Waals surface area (Å²) in [5.74, 6) is 0. The first-order valence-electron chi connectivity index (χ1n) is 5.95. The molecule has 2 rings (SSSR count). The summed E-state index contributed by atoms with van der Waals surface area (Å²) in [6, 6.07) is 7.27. The van der Waals surface area contributed by atoms with E-state index in [9.17, 15) is 0 Å². The van der Waals surface area contributed by atoms with Gasteiger partial charge in [0.1, 0.15) is 0 Å². The topological polar surface area (TPSA) is 15.3 Å². The summed E-state index contributed by atoms with van der Waals surface area (Å²) in [4.78, 5) is 2.47. The Balaban J connectivity index is 2.13. The second-order valence-corrected chi connectivity index (χ2v) is 5.29. The largest absolute Gasteiger partial charge is 0.369 e. The number of benzene rings is 1. The lowest BCUT2D eigenvalue weighted by Crippen LogP contribution is -2.50. The number of hydrogen-bond donors (Lipinski definition) is 1. The Labute approximate surface area is 106 Å². The average molecular weight is 283 g/mol. The fraction of sp³-hybridized carbons (Fsp3) is 0.538. The lowest BCUT2D eigenvalue weighted by atomic mass is 10.1. The van der Waals surface area contributed by atoms with Gasteiger partial charge in [-0.2, -0.15) is 0 Å². The summed E-state index contributed by atoms with van der Waals surface area (Å²) < 4.78 is 1.21. The Morgan fingerprint density at radius 3 is 3.00 bits per heavy atom. The minimum atomic E-state index is 0.633. The van der Waals surface area contributed by atoms with Crippen molar-refractivity contribution in [1.29, 1.82) is 0 Å². The monoisotopic (exact) mass is 282 g/mol. The second kappa shape index (κ2) is 5.19. The molecule has 1 saturated heterocycles. The van der Waals surface area contributed by atoms with E-state index in [1.165, 1.54) is 22.1 Å². The minimum absolute atomic E-state index is 0.633. The molecule has 0 aromatic heterocycles. The first kappa shape index (κ1) is 11.9. The van der Waals surface area contributed by atoms with Crippen LogP contribution in [-0.4, -0.2) is 25.7 Å². The number of aryl methyl sites for hydroxylation is 1. The number of anilines is 1. The highest BCUT2D eigenvalue weighted by Crippen LogP contribution is 2.24. The third-order valence-corrected chi connectivity index (χ3v) is 4.12. The summed E-state index contributed by atoms with van der Waals surface area (Å²) in [5.41, 5.74) is 2.63. The van der Waals surface area contributed by atoms with Crippen LogP contribution in [0.4, 0.5) is 5.69 Å². The highest BCUT2D eigenvalue weighted by Gasteiger charge is 2.18. The quantitative estimate of drug-likeness (QED) is 0.897. The third-order valence-electron chi connectivity index (χ3n) is 3.27. The van der Waals surface area contributed by atoms with Crippen LogP contribution >= 0.6 is 15.9 Å². The van der Waals surface area contributed by atoms with Crippen LogP contribution in [0.2, 0.25) is 0 Å². The molecule has 1 unspecified atom stereocenters. The fourth-order valence-electron chi connectivity index (χ4n) is 2.11. The molecule has 1 aliphatic rings. The molecule has 1 N–H and O–H groups in total. The molecule has 1 aliphatic heterocycles. The number of piperazine rings is 1. The zero-order chi connectivity index (χ0) is 11.5. The van der Waals surface area contributed by atoms with Crippen LogP contribution in [-0.2, 0) is 0 Å². The molecule has 0 bridgehead atoms. The van der Waals surface area contributed by atoms with Crippen molar-refractivity contribution in [3.8, 4) is 0 Å². The smallest absolute Gasteiger partial charge is 0.0378 e. The first-order valence-corrected chi connectivity index (χ1v) is 6.74. The van der Waals surface area contributed by atoms with Gasteiger partial charge in [0.15, 0.2) is 0 Å². The Morgan fingerprint density at radius 2 is 2.31 bits per heavy atom. The van der Waals surface area contributed by atoms with Crippen molar-refractivity contribution in [2.24, 2.45) is 0 Å². The zero-order valence-electron chi connectivity index (χ0n) is 9.96. The van der Waals surface area contributed by atoms with Crippen molar-refractivity contribution in [2.45, 2.75) is 26.3 Å². The molecular formula is C13H19BrN2. The number of hydrogen-bond acceptors (Lipinski definition) is 2. The summed E-state index contributed by atoms with van der Waals surface area (Å²) in [5, 5.41) is 3.54. The van der Waals surface area contributed by atoms with Gasteiger partial charge in [0.25, 0.3) is 0 Å². The van der Waals surface area contributed by atoms with E-state index >= 15 is 0 Å². The van der Waals surface area contributed by atoms with E-state index in [0.717, 1.165) is 19.6 Å². The Kier molecular flexibility index (Phi) is 3.87. The number of halogens is 1. The highest BCUT2D eigenvalue weighted by molar-refractivity contribution is 9.10. The molecule has 0 spiro atoms. The summed E-state index contributed by atoms with van der Waals surface area (Å²) in [6.07, 6.45) is 1.20. The van der Waals surface area contributed by atoms with Gasteiger partial charge in [0, 0.05) is 35.8 Å². The molecule has 0 radical (unpaired) electrons. The van der Waals surface area contributed by atoms with Crippen LogP contribution in [0, 0.1) is 6.92 Å². The highest BCUT2D eigenvalue weighted by atomic mass is 79.9. The molecule has 1 heterocycles. The van der Waals surface area contributed by atoms with Gasteiger partial charge in [-0.3, -0.25) is 0 Å². The molecular weight excluding hydrogens is 264 g/mol. The van der Waals surface area contributed by atoms with Crippen molar-refractivity contribution in [3.63, 3.8) is 0 Å². The number of nitrogens with one attached hydrogen (secondary N) is 1. The summed E-state index contributed by atoms with van der Waals surface area (Å²) in [6.45, 7) is 7.68. The van der Waals surface area contributed by atoms with Crippen LogP contribution < -0.4 is 10.2 Å². The van der Waals surface area contributed by atoms with E-state index < -0.39 is 0 Å². The molecule has 1 aromatic carbocycles. The van der Waals surface area contributed by atoms with Gasteiger partial charge >= 0.3 is 0 Å². The van der Waals surface area contributed by atoms with Gasteiger partial charge in [-0.1, -0.05) is 28.9 Å². The van der Waals surface area contributed by atoms with Crippen molar-refractivity contribution >= 4 is 21.6 Å². The standard InChI is InChI=1S/C13H19BrN2/c1-3-11-9-16(7-6-15-11)12-5-4-10(2)13(14)8-12/h4-5,8,11,15H,3,6-7,9H2,1-2H3. The Hall–Kier alpha value is -0.540. The summed E-state index contributed by atoms with van der Waals surface area (Å²) in [7, 11) is 0. The van der Waals surface area contributed by atoms with Gasteiger partial charge in [0.05, 0.1) is 0 Å². The molecule has 88 valence electrons. The zero-order valence-corrected chi connectivity index (χ0v) is 11.5. The molecule has 3 heteroatoms. The molecule has 2 nitrogen and oxygen atoms in total. The van der Waals surface area contributed by atoms with E-state index in [1.54, 1.807) is 0 Å². The third kappa shape index (κ3) is 2.58. The predicted octanol–water partition coefficient (Wildman–Crippen LogP) is 2.95. The van der Waals surface area contributed by atoms with Crippen LogP contribution in [0.5, 0.6) is 0 Å². The van der Waals surface area contributed by atoms with E-state index in [-0.39, 0.29) is 0 Å². The number of nitrogens with zero attached hydrogens (tertiary/aromatic N) is 1. The average Bonchev–Trinajstić information content (AvgIpc) is 2.33. The lowest BCUT2D eigenvalue weighted by molar-refractivity contribution is 0.447. The summed E-state index contributed by atoms with van der Waals surface area (Å²) >= 11 is 3.60. The molecule has 0 amide bonds. The first-order chi connectivity index (χ1) is 7.70. The SMILES string of the molecule is CCC1CN(c2ccc(C)c(Br)c2)CCN1. The molecule has 1 atom stereocenters. The lowest BCUT2D eigenvalue weighted by Gasteiger charge is -2.35. The van der Waals surface area contributed by atoms with Gasteiger partial charge < -0.3 is 10.2 Å². The van der Waals surface area contributed by atoms with Crippen molar-refractivity contribution < 1.29 is 0 Å². The molecule has 16 heavy (non-hydrogen) atoms. The van der Waals surface area contributed by atoms with E-state index in [2.05, 4.69) is 58.2 Å². The van der Waals surface area contributed by atoms with Crippen LogP contribution in [0.15, 0.2) is 22.7 Å². The van der Waals surface area contributed by atoms with Crippen LogP contribution in [0.25, 0.3) is 0 Å². The van der Waals surface area contributed by atoms with Crippen molar-refractivity contribution in [1.82, 2.24) is 5.32 Å². The maximum absolute atomic E-state index is 3.60. The van der Waals surface area contributed by atoms with Crippen molar-refractivity contribution in [3.05, 3.63) is 28.2 Å². The van der Waals surface area contributed by atoms with E-state index in [4.69, 9.17) is 0 Å². The normalized spacial score (nSPS) is 21.2. The predicted molar refractivity (Wildman–Crippen MR) is 73.2 cm³/mol. The van der Waals surface area contributed by atoms with Crippen LogP contribution in [0.3, 0.4) is 0 Å². The Bertz CT molecular complexity index is 365. The van der Waals surface area contributed by atoms with E-state index in [0.29, 0.717) is 6.04 Å². The Morgan fingerprint density at radius 1 is 1.50 bits per heavy atom. The maximum atomic E-state index is 3.60. The van der Waals surface area contributed by atoms with Gasteiger partial charge in [-0.15, -0.1) is 0 Å². The van der Waals surface area contributed by atoms with E-state index in [1.807, 2.05) is 0 Å². The fourth-order valence-corrected chi connectivity index (χ4v) is 2.48. The van der Waals surface area contributed by atoms with Gasteiger partial charge in [0.2, 0.25) is 0 Å². The molecule has 0 aliphatic carbocycles. The minimum Gasteiger partial charge on any atom is -0.369 e. The second-order valence-electron chi connectivity index (χ2n) is 4.44. The maximum Gasteiger partial charge on any atom is 0.0378 e. The molecule has 1 aromatic rings. The van der Waals surface area contributed by atoms with Crippen molar-refractivity contribution in [2.75, 3.05) is 24.5 Å². The van der Waals surface area contributed by atoms with Crippen LogP contribution in [0.1, 0.15) is 18.9 Å². The van der Waals surface area contributed by atoms with Gasteiger partial charge in [-0.05, 0) is 31.0 Å². The van der Waals surface area contributed by atoms with Gasteiger partial charge in [-0.25, -0.2) is 0 Å². The molecule has 1 fully saturated rings.